The molecular formula is C11H13BrN2O3. The number of carbonyl (C=O) groups excluding carboxylic acids is 1. The Labute approximate surface area is 107 Å². The van der Waals surface area contributed by atoms with Crippen LogP contribution in [0.4, 0.5) is 5.69 Å². The van der Waals surface area contributed by atoms with Gasteiger partial charge in [0.2, 0.25) is 5.91 Å². The first-order chi connectivity index (χ1) is 8.04. The van der Waals surface area contributed by atoms with Crippen LogP contribution in [0, 0.1) is 0 Å². The maximum atomic E-state index is 11.5. The molecule has 1 rings (SSSR count). The van der Waals surface area contributed by atoms with Gasteiger partial charge in [-0.25, -0.2) is 4.79 Å². The second kappa shape index (κ2) is 6.36. The summed E-state index contributed by atoms with van der Waals surface area (Å²) in [7, 11) is 1.75. The molecule has 0 radical (unpaired) electrons. The average molecular weight is 301 g/mol. The molecule has 0 spiro atoms. The molecule has 0 aliphatic rings. The SMILES string of the molecule is CNCCC(=O)Nc1cc(Br)ccc1C(=O)O. The van der Waals surface area contributed by atoms with Gasteiger partial charge >= 0.3 is 5.97 Å². The van der Waals surface area contributed by atoms with Gasteiger partial charge in [-0.1, -0.05) is 15.9 Å². The smallest absolute Gasteiger partial charge is 0.337 e. The van der Waals surface area contributed by atoms with E-state index in [0.29, 0.717) is 23.1 Å². The van der Waals surface area contributed by atoms with Gasteiger partial charge in [0.1, 0.15) is 0 Å². The molecule has 92 valence electrons. The molecule has 0 aliphatic heterocycles. The molecule has 0 saturated carbocycles. The van der Waals surface area contributed by atoms with E-state index < -0.39 is 5.97 Å². The molecule has 0 aromatic heterocycles. The van der Waals surface area contributed by atoms with Gasteiger partial charge in [-0.3, -0.25) is 4.79 Å². The van der Waals surface area contributed by atoms with E-state index in [0.717, 1.165) is 0 Å². The Hall–Kier alpha value is -1.40. The lowest BCUT2D eigenvalue weighted by Crippen LogP contribution is -2.20. The van der Waals surface area contributed by atoms with Crippen LogP contribution in [0.2, 0.25) is 0 Å². The Morgan fingerprint density at radius 1 is 1.41 bits per heavy atom. The highest BCUT2D eigenvalue weighted by Gasteiger charge is 2.12. The molecule has 0 fully saturated rings. The Bertz CT molecular complexity index is 435. The van der Waals surface area contributed by atoms with Crippen molar-refractivity contribution in [1.29, 1.82) is 0 Å². The van der Waals surface area contributed by atoms with Gasteiger partial charge in [0.25, 0.3) is 0 Å². The lowest BCUT2D eigenvalue weighted by atomic mass is 10.2. The molecule has 0 unspecified atom stereocenters. The topological polar surface area (TPSA) is 78.4 Å². The number of anilines is 1. The average Bonchev–Trinajstić information content (AvgIpc) is 2.26. The van der Waals surface area contributed by atoms with E-state index in [1.165, 1.54) is 6.07 Å². The van der Waals surface area contributed by atoms with Crippen LogP contribution in [0.1, 0.15) is 16.8 Å². The Balaban J connectivity index is 2.85. The summed E-state index contributed by atoms with van der Waals surface area (Å²) in [5.74, 6) is -1.29. The second-order valence-corrected chi connectivity index (χ2v) is 4.31. The number of carboxylic acids is 1. The minimum Gasteiger partial charge on any atom is -0.478 e. The number of aromatic carboxylic acids is 1. The highest BCUT2D eigenvalue weighted by molar-refractivity contribution is 9.10. The maximum absolute atomic E-state index is 11.5. The van der Waals surface area contributed by atoms with E-state index in [9.17, 15) is 9.59 Å². The van der Waals surface area contributed by atoms with E-state index in [4.69, 9.17) is 5.11 Å². The predicted octanol–water partition coefficient (Wildman–Crippen LogP) is 1.70. The van der Waals surface area contributed by atoms with E-state index >= 15 is 0 Å². The van der Waals surface area contributed by atoms with Crippen LogP contribution in [0.25, 0.3) is 0 Å². The van der Waals surface area contributed by atoms with Crippen LogP contribution in [0.15, 0.2) is 22.7 Å². The molecule has 0 aliphatic carbocycles. The molecule has 6 heteroatoms. The zero-order valence-electron chi connectivity index (χ0n) is 9.29. The summed E-state index contributed by atoms with van der Waals surface area (Å²) in [5, 5.41) is 14.4. The molecule has 1 aromatic carbocycles. The van der Waals surface area contributed by atoms with Crippen molar-refractivity contribution in [2.75, 3.05) is 18.9 Å². The van der Waals surface area contributed by atoms with E-state index in [1.54, 1.807) is 19.2 Å². The van der Waals surface area contributed by atoms with Crippen LogP contribution in [0.3, 0.4) is 0 Å². The summed E-state index contributed by atoms with van der Waals surface area (Å²) >= 11 is 3.23. The van der Waals surface area contributed by atoms with Crippen LogP contribution >= 0.6 is 15.9 Å². The van der Waals surface area contributed by atoms with Gasteiger partial charge < -0.3 is 15.7 Å². The molecule has 3 N–H and O–H groups in total. The van der Waals surface area contributed by atoms with Crippen LogP contribution in [-0.2, 0) is 4.79 Å². The minimum atomic E-state index is -1.07. The van der Waals surface area contributed by atoms with Crippen molar-refractivity contribution in [3.05, 3.63) is 28.2 Å². The van der Waals surface area contributed by atoms with Crippen molar-refractivity contribution in [1.82, 2.24) is 5.32 Å². The molecular weight excluding hydrogens is 288 g/mol. The Morgan fingerprint density at radius 2 is 2.12 bits per heavy atom. The monoisotopic (exact) mass is 300 g/mol. The zero-order valence-corrected chi connectivity index (χ0v) is 10.9. The number of nitrogens with one attached hydrogen (secondary N) is 2. The first kappa shape index (κ1) is 13.7. The van der Waals surface area contributed by atoms with Gasteiger partial charge in [-0.2, -0.15) is 0 Å². The third-order valence-corrected chi connectivity index (χ3v) is 2.58. The van der Waals surface area contributed by atoms with Crippen LogP contribution in [0.5, 0.6) is 0 Å². The zero-order chi connectivity index (χ0) is 12.8. The molecule has 5 nitrogen and oxygen atoms in total. The molecule has 0 atom stereocenters. The van der Waals surface area contributed by atoms with Crippen molar-refractivity contribution >= 4 is 33.5 Å². The summed E-state index contributed by atoms with van der Waals surface area (Å²) in [6.07, 6.45) is 0.294. The van der Waals surface area contributed by atoms with Gasteiger partial charge in [0.15, 0.2) is 0 Å². The van der Waals surface area contributed by atoms with Gasteiger partial charge in [0.05, 0.1) is 11.3 Å². The summed E-state index contributed by atoms with van der Waals surface area (Å²) in [5.41, 5.74) is 0.374. The summed E-state index contributed by atoms with van der Waals surface area (Å²) in [6, 6.07) is 4.63. The third-order valence-electron chi connectivity index (χ3n) is 2.09. The number of benzene rings is 1. The Morgan fingerprint density at radius 3 is 2.71 bits per heavy atom. The lowest BCUT2D eigenvalue weighted by Gasteiger charge is -2.08. The molecule has 17 heavy (non-hydrogen) atoms. The predicted molar refractivity (Wildman–Crippen MR) is 68.3 cm³/mol. The maximum Gasteiger partial charge on any atom is 0.337 e. The number of halogens is 1. The first-order valence-electron chi connectivity index (χ1n) is 5.02. The van der Waals surface area contributed by atoms with Crippen molar-refractivity contribution in [2.24, 2.45) is 0 Å². The number of amides is 1. The van der Waals surface area contributed by atoms with E-state index in [1.807, 2.05) is 0 Å². The molecule has 0 bridgehead atoms. The van der Waals surface area contributed by atoms with Gasteiger partial charge in [-0.05, 0) is 25.2 Å². The summed E-state index contributed by atoms with van der Waals surface area (Å²) < 4.78 is 0.714. The molecule has 1 amide bonds. The number of rotatable bonds is 5. The quantitative estimate of drug-likeness (QED) is 0.773. The summed E-state index contributed by atoms with van der Waals surface area (Å²) in [4.78, 5) is 22.4. The van der Waals surface area contributed by atoms with Crippen molar-refractivity contribution < 1.29 is 14.7 Å². The van der Waals surface area contributed by atoms with E-state index in [2.05, 4.69) is 26.6 Å². The number of carbonyl (C=O) groups is 2. The molecule has 0 heterocycles. The minimum absolute atomic E-state index is 0.0750. The second-order valence-electron chi connectivity index (χ2n) is 3.40. The third kappa shape index (κ3) is 4.16. The fourth-order valence-corrected chi connectivity index (χ4v) is 1.62. The van der Waals surface area contributed by atoms with Crippen molar-refractivity contribution in [3.8, 4) is 0 Å². The van der Waals surface area contributed by atoms with Crippen molar-refractivity contribution in [3.63, 3.8) is 0 Å². The normalized spacial score (nSPS) is 10.0. The number of hydrogen-bond acceptors (Lipinski definition) is 3. The Kier molecular flexibility index (Phi) is 5.11. The number of hydrogen-bond donors (Lipinski definition) is 3. The van der Waals surface area contributed by atoms with E-state index in [-0.39, 0.29) is 11.5 Å². The highest BCUT2D eigenvalue weighted by atomic mass is 79.9. The molecule has 1 aromatic rings. The highest BCUT2D eigenvalue weighted by Crippen LogP contribution is 2.21. The van der Waals surface area contributed by atoms with Crippen LogP contribution < -0.4 is 10.6 Å². The van der Waals surface area contributed by atoms with Crippen LogP contribution in [-0.4, -0.2) is 30.6 Å². The van der Waals surface area contributed by atoms with Gasteiger partial charge in [0, 0.05) is 17.4 Å². The summed E-state index contributed by atoms with van der Waals surface area (Å²) in [6.45, 7) is 0.544. The fourth-order valence-electron chi connectivity index (χ4n) is 1.26. The molecule has 0 saturated heterocycles. The lowest BCUT2D eigenvalue weighted by molar-refractivity contribution is -0.116. The van der Waals surface area contributed by atoms with Crippen molar-refractivity contribution in [2.45, 2.75) is 6.42 Å². The fraction of sp³-hybridized carbons (Fsp3) is 0.273. The largest absolute Gasteiger partial charge is 0.478 e. The standard InChI is InChI=1S/C11H13BrN2O3/c1-13-5-4-10(15)14-9-6-7(12)2-3-8(9)11(16)17/h2-3,6,13H,4-5H2,1H3,(H,14,15)(H,16,17). The first-order valence-corrected chi connectivity index (χ1v) is 5.81. The number of carboxylic acid groups (broad SMARTS) is 1. The van der Waals surface area contributed by atoms with Gasteiger partial charge in [-0.15, -0.1) is 0 Å².